The fourth-order valence-electron chi connectivity index (χ4n) is 4.07. The predicted molar refractivity (Wildman–Crippen MR) is 127 cm³/mol. The summed E-state index contributed by atoms with van der Waals surface area (Å²) in [6.45, 7) is 2.25. The molecule has 3 aromatic rings. The normalized spacial score (nSPS) is 17.6. The lowest BCUT2D eigenvalue weighted by atomic mass is 9.87. The van der Waals surface area contributed by atoms with E-state index in [0.717, 1.165) is 19.5 Å². The first-order chi connectivity index (χ1) is 15.3. The van der Waals surface area contributed by atoms with Gasteiger partial charge in [0.15, 0.2) is 11.5 Å². The Morgan fingerprint density at radius 3 is 2.32 bits per heavy atom. The highest BCUT2D eigenvalue weighted by molar-refractivity contribution is 8.00. The van der Waals surface area contributed by atoms with E-state index in [-0.39, 0.29) is 0 Å². The average Bonchev–Trinajstić information content (AvgIpc) is 2.83. The third-order valence-electron chi connectivity index (χ3n) is 5.57. The number of benzene rings is 3. The van der Waals surface area contributed by atoms with Crippen LogP contribution in [0.3, 0.4) is 0 Å². The molecule has 0 radical (unpaired) electrons. The number of ether oxygens (including phenoxy) is 3. The largest absolute Gasteiger partial charge is 0.493 e. The van der Waals surface area contributed by atoms with Crippen molar-refractivity contribution in [3.8, 4) is 17.2 Å². The molecule has 2 atom stereocenters. The third kappa shape index (κ3) is 5.17. The Morgan fingerprint density at radius 1 is 0.871 bits per heavy atom. The summed E-state index contributed by atoms with van der Waals surface area (Å²) in [4.78, 5) is 1.39. The van der Waals surface area contributed by atoms with Gasteiger partial charge in [0.25, 0.3) is 0 Å². The van der Waals surface area contributed by atoms with Gasteiger partial charge in [-0.3, -0.25) is 0 Å². The first-order valence-corrected chi connectivity index (χ1v) is 11.5. The zero-order valence-electron chi connectivity index (χ0n) is 18.0. The SMILES string of the molecule is COc1cccc(OC)c1OCCNC[C@@H]1C[C@H](c2ccccc2)c2ccccc2S1. The topological polar surface area (TPSA) is 39.7 Å². The van der Waals surface area contributed by atoms with Gasteiger partial charge in [-0.15, -0.1) is 11.8 Å². The van der Waals surface area contributed by atoms with E-state index >= 15 is 0 Å². The van der Waals surface area contributed by atoms with Gasteiger partial charge in [-0.25, -0.2) is 0 Å². The van der Waals surface area contributed by atoms with Gasteiger partial charge in [-0.2, -0.15) is 0 Å². The van der Waals surface area contributed by atoms with Crippen LogP contribution in [-0.4, -0.2) is 39.2 Å². The number of nitrogens with one attached hydrogen (secondary N) is 1. The molecule has 4 rings (SSSR count). The van der Waals surface area contributed by atoms with Crippen LogP contribution in [0, 0.1) is 0 Å². The van der Waals surface area contributed by atoms with Crippen molar-refractivity contribution in [2.24, 2.45) is 0 Å². The maximum Gasteiger partial charge on any atom is 0.203 e. The molecular weight excluding hydrogens is 406 g/mol. The molecule has 4 nitrogen and oxygen atoms in total. The molecule has 5 heteroatoms. The van der Waals surface area contributed by atoms with Crippen LogP contribution >= 0.6 is 11.8 Å². The second kappa shape index (κ2) is 10.6. The van der Waals surface area contributed by atoms with E-state index in [4.69, 9.17) is 14.2 Å². The molecule has 1 aliphatic heterocycles. The van der Waals surface area contributed by atoms with E-state index in [0.29, 0.717) is 35.0 Å². The van der Waals surface area contributed by atoms with Crippen molar-refractivity contribution in [2.75, 3.05) is 33.9 Å². The van der Waals surface area contributed by atoms with Gasteiger partial charge in [0, 0.05) is 29.2 Å². The highest BCUT2D eigenvalue weighted by Crippen LogP contribution is 2.44. The summed E-state index contributed by atoms with van der Waals surface area (Å²) in [7, 11) is 3.28. The number of hydrogen-bond donors (Lipinski definition) is 1. The van der Waals surface area contributed by atoms with Crippen molar-refractivity contribution in [1.29, 1.82) is 0 Å². The van der Waals surface area contributed by atoms with Gasteiger partial charge in [-0.1, -0.05) is 54.6 Å². The van der Waals surface area contributed by atoms with E-state index in [1.165, 1.54) is 16.0 Å². The Hall–Kier alpha value is -2.63. The Labute approximate surface area is 188 Å². The molecule has 0 saturated heterocycles. The van der Waals surface area contributed by atoms with Gasteiger partial charge < -0.3 is 19.5 Å². The van der Waals surface area contributed by atoms with E-state index in [1.54, 1.807) is 14.2 Å². The average molecular weight is 436 g/mol. The Bertz CT molecular complexity index is 957. The quantitative estimate of drug-likeness (QED) is 0.458. The van der Waals surface area contributed by atoms with Crippen LogP contribution in [0.4, 0.5) is 0 Å². The fourth-order valence-corrected chi connectivity index (χ4v) is 5.42. The minimum absolute atomic E-state index is 0.444. The maximum atomic E-state index is 5.97. The van der Waals surface area contributed by atoms with Gasteiger partial charge in [0.1, 0.15) is 6.61 Å². The lowest BCUT2D eigenvalue weighted by Crippen LogP contribution is -2.31. The predicted octanol–water partition coefficient (Wildman–Crippen LogP) is 5.37. The van der Waals surface area contributed by atoms with E-state index in [1.807, 2.05) is 30.0 Å². The minimum atomic E-state index is 0.444. The molecule has 0 aliphatic carbocycles. The molecular formula is C26H29NO3S. The van der Waals surface area contributed by atoms with Gasteiger partial charge in [0.2, 0.25) is 5.75 Å². The zero-order chi connectivity index (χ0) is 21.5. The Morgan fingerprint density at radius 2 is 1.58 bits per heavy atom. The minimum Gasteiger partial charge on any atom is -0.493 e. The summed E-state index contributed by atoms with van der Waals surface area (Å²) < 4.78 is 16.8. The number of rotatable bonds is 9. The smallest absolute Gasteiger partial charge is 0.203 e. The van der Waals surface area contributed by atoms with E-state index < -0.39 is 0 Å². The summed E-state index contributed by atoms with van der Waals surface area (Å²) in [5, 5.41) is 4.09. The standard InChI is InChI=1S/C26H29NO3S/c1-28-23-12-8-13-24(29-2)26(23)30-16-15-27-18-20-17-22(19-9-4-3-5-10-19)21-11-6-7-14-25(21)31-20/h3-14,20,22,27H,15-18H2,1-2H3/t20-,22+/m0/s1. The van der Waals surface area contributed by atoms with Crippen molar-refractivity contribution in [3.63, 3.8) is 0 Å². The van der Waals surface area contributed by atoms with Gasteiger partial charge in [-0.05, 0) is 35.7 Å². The Balaban J connectivity index is 1.34. The van der Waals surface area contributed by atoms with Crippen LogP contribution in [0.5, 0.6) is 17.2 Å². The van der Waals surface area contributed by atoms with Crippen molar-refractivity contribution < 1.29 is 14.2 Å². The van der Waals surface area contributed by atoms with E-state index in [9.17, 15) is 0 Å². The summed E-state index contributed by atoms with van der Waals surface area (Å²) in [6, 6.07) is 25.3. The molecule has 0 aromatic heterocycles. The number of thioether (sulfide) groups is 1. The molecule has 31 heavy (non-hydrogen) atoms. The van der Waals surface area contributed by atoms with Crippen molar-refractivity contribution in [2.45, 2.75) is 22.5 Å². The zero-order valence-corrected chi connectivity index (χ0v) is 18.9. The van der Waals surface area contributed by atoms with Crippen LogP contribution in [0.1, 0.15) is 23.5 Å². The van der Waals surface area contributed by atoms with Gasteiger partial charge in [0.05, 0.1) is 14.2 Å². The van der Waals surface area contributed by atoms with Crippen molar-refractivity contribution in [3.05, 3.63) is 83.9 Å². The van der Waals surface area contributed by atoms with Gasteiger partial charge >= 0.3 is 0 Å². The fraction of sp³-hybridized carbons (Fsp3) is 0.308. The molecule has 0 amide bonds. The summed E-state index contributed by atoms with van der Waals surface area (Å²) in [5.74, 6) is 2.47. The number of methoxy groups -OCH3 is 2. The molecule has 1 heterocycles. The molecule has 162 valence electrons. The van der Waals surface area contributed by atoms with Crippen LogP contribution in [-0.2, 0) is 0 Å². The third-order valence-corrected chi connectivity index (χ3v) is 6.89. The molecule has 0 unspecified atom stereocenters. The first-order valence-electron chi connectivity index (χ1n) is 10.6. The summed E-state index contributed by atoms with van der Waals surface area (Å²) in [6.07, 6.45) is 1.12. The summed E-state index contributed by atoms with van der Waals surface area (Å²) in [5.41, 5.74) is 2.84. The van der Waals surface area contributed by atoms with Crippen LogP contribution in [0.15, 0.2) is 77.7 Å². The number of fused-ring (bicyclic) bond motifs is 1. The van der Waals surface area contributed by atoms with Crippen molar-refractivity contribution >= 4 is 11.8 Å². The molecule has 0 bridgehead atoms. The van der Waals surface area contributed by atoms with Crippen LogP contribution < -0.4 is 19.5 Å². The molecule has 0 spiro atoms. The highest BCUT2D eigenvalue weighted by atomic mass is 32.2. The van der Waals surface area contributed by atoms with Crippen molar-refractivity contribution in [1.82, 2.24) is 5.32 Å². The van der Waals surface area contributed by atoms with E-state index in [2.05, 4.69) is 59.9 Å². The monoisotopic (exact) mass is 435 g/mol. The number of para-hydroxylation sites is 1. The number of hydrogen-bond acceptors (Lipinski definition) is 5. The summed E-state index contributed by atoms with van der Waals surface area (Å²) >= 11 is 1.98. The molecule has 3 aromatic carbocycles. The molecule has 0 saturated carbocycles. The van der Waals surface area contributed by atoms with Crippen LogP contribution in [0.2, 0.25) is 0 Å². The molecule has 1 N–H and O–H groups in total. The second-order valence-corrected chi connectivity index (χ2v) is 8.86. The maximum absolute atomic E-state index is 5.97. The molecule has 0 fully saturated rings. The highest BCUT2D eigenvalue weighted by Gasteiger charge is 2.28. The second-order valence-electron chi connectivity index (χ2n) is 7.52. The first kappa shape index (κ1) is 21.6. The van der Waals surface area contributed by atoms with Crippen LogP contribution in [0.25, 0.3) is 0 Å². The Kier molecular flexibility index (Phi) is 7.39. The lowest BCUT2D eigenvalue weighted by molar-refractivity contribution is 0.273. The molecule has 1 aliphatic rings. The lowest BCUT2D eigenvalue weighted by Gasteiger charge is -2.31.